The number of rotatable bonds is 6. The van der Waals surface area contributed by atoms with Gasteiger partial charge in [0, 0.05) is 19.6 Å². The lowest BCUT2D eigenvalue weighted by Gasteiger charge is -2.34. The maximum atomic E-state index is 12.9. The molecule has 0 unspecified atom stereocenters. The first kappa shape index (κ1) is 21.4. The summed E-state index contributed by atoms with van der Waals surface area (Å²) >= 11 is 1.14. The monoisotopic (exact) mass is 437 g/mol. The molecule has 1 amide bonds. The molecule has 0 aliphatic carbocycles. The number of aryl methyl sites for hydroxylation is 1. The van der Waals surface area contributed by atoms with Crippen molar-refractivity contribution >= 4 is 39.1 Å². The smallest absolute Gasteiger partial charge is 0.350 e. The molecule has 0 radical (unpaired) electrons. The number of amides is 1. The van der Waals surface area contributed by atoms with Crippen LogP contribution >= 0.6 is 11.3 Å². The van der Waals surface area contributed by atoms with Crippen LogP contribution in [0.1, 0.15) is 27.2 Å². The molecule has 1 aliphatic heterocycles. The molecule has 0 spiro atoms. The van der Waals surface area contributed by atoms with Crippen molar-refractivity contribution in [2.24, 2.45) is 0 Å². The number of methoxy groups -OCH3 is 1. The lowest BCUT2D eigenvalue weighted by Crippen LogP contribution is -2.51. The Bertz CT molecular complexity index is 986. The van der Waals surface area contributed by atoms with Gasteiger partial charge in [-0.25, -0.2) is 4.79 Å². The molecule has 0 saturated carbocycles. The molecule has 10 heteroatoms. The SMILES string of the molecule is COC(=O)c1sccc1NC(=O)CN1CCCN(Cc2ccc(C)cc2)S1(=O)=O. The van der Waals surface area contributed by atoms with Gasteiger partial charge in [-0.15, -0.1) is 11.3 Å². The van der Waals surface area contributed by atoms with Gasteiger partial charge in [0.2, 0.25) is 5.91 Å². The Hall–Kier alpha value is -2.27. The third-order valence-corrected chi connectivity index (χ3v) is 7.40. The average Bonchev–Trinajstić information content (AvgIpc) is 3.14. The van der Waals surface area contributed by atoms with E-state index in [2.05, 4.69) is 10.1 Å². The van der Waals surface area contributed by atoms with Crippen molar-refractivity contribution in [1.82, 2.24) is 8.61 Å². The third-order valence-electron chi connectivity index (χ3n) is 4.58. The lowest BCUT2D eigenvalue weighted by atomic mass is 10.1. The summed E-state index contributed by atoms with van der Waals surface area (Å²) in [6, 6.07) is 9.28. The number of hydrogen-bond acceptors (Lipinski definition) is 6. The molecule has 8 nitrogen and oxygen atoms in total. The minimum Gasteiger partial charge on any atom is -0.465 e. The fraction of sp³-hybridized carbons (Fsp3) is 0.368. The van der Waals surface area contributed by atoms with E-state index in [0.717, 1.165) is 22.5 Å². The molecule has 2 aromatic rings. The van der Waals surface area contributed by atoms with Crippen LogP contribution in [0.15, 0.2) is 35.7 Å². The van der Waals surface area contributed by atoms with Crippen molar-refractivity contribution < 1.29 is 22.7 Å². The molecular weight excluding hydrogens is 414 g/mol. The van der Waals surface area contributed by atoms with Crippen molar-refractivity contribution in [3.63, 3.8) is 0 Å². The standard InChI is InChI=1S/C19H23N3O5S2/c1-14-4-6-15(7-5-14)12-21-9-3-10-22(29(21,25)26)13-17(23)20-16-8-11-28-18(16)19(24)27-2/h4-8,11H,3,9-10,12-13H2,1-2H3,(H,20,23). The van der Waals surface area contributed by atoms with Gasteiger partial charge in [-0.1, -0.05) is 29.8 Å². The predicted molar refractivity (Wildman–Crippen MR) is 111 cm³/mol. The van der Waals surface area contributed by atoms with E-state index in [-0.39, 0.29) is 24.5 Å². The zero-order valence-corrected chi connectivity index (χ0v) is 17.9. The number of nitrogens with one attached hydrogen (secondary N) is 1. The van der Waals surface area contributed by atoms with Gasteiger partial charge in [0.25, 0.3) is 10.2 Å². The minimum atomic E-state index is -3.76. The Morgan fingerprint density at radius 1 is 1.14 bits per heavy atom. The normalized spacial score (nSPS) is 17.0. The van der Waals surface area contributed by atoms with E-state index < -0.39 is 22.1 Å². The first-order chi connectivity index (χ1) is 13.8. The van der Waals surface area contributed by atoms with E-state index in [1.165, 1.54) is 15.7 Å². The van der Waals surface area contributed by atoms with Crippen LogP contribution in [0.5, 0.6) is 0 Å². The number of carbonyl (C=O) groups is 2. The van der Waals surface area contributed by atoms with Crippen LogP contribution in [-0.2, 0) is 26.3 Å². The lowest BCUT2D eigenvalue weighted by molar-refractivity contribution is -0.116. The van der Waals surface area contributed by atoms with Crippen LogP contribution in [0.2, 0.25) is 0 Å². The van der Waals surface area contributed by atoms with Crippen LogP contribution in [0.4, 0.5) is 5.69 Å². The van der Waals surface area contributed by atoms with Crippen molar-refractivity contribution in [2.75, 3.05) is 32.1 Å². The van der Waals surface area contributed by atoms with E-state index in [4.69, 9.17) is 0 Å². The second-order valence-corrected chi connectivity index (χ2v) is 9.56. The third kappa shape index (κ3) is 5.02. The molecule has 1 fully saturated rings. The molecule has 0 atom stereocenters. The first-order valence-corrected chi connectivity index (χ1v) is 11.4. The van der Waals surface area contributed by atoms with E-state index in [1.54, 1.807) is 11.4 Å². The van der Waals surface area contributed by atoms with E-state index in [0.29, 0.717) is 18.7 Å². The largest absolute Gasteiger partial charge is 0.465 e. The summed E-state index contributed by atoms with van der Waals surface area (Å²) in [6.07, 6.45) is 0.629. The van der Waals surface area contributed by atoms with E-state index in [1.807, 2.05) is 31.2 Å². The van der Waals surface area contributed by atoms with Gasteiger partial charge in [0.1, 0.15) is 4.88 Å². The highest BCUT2D eigenvalue weighted by molar-refractivity contribution is 7.86. The summed E-state index contributed by atoms with van der Waals surface area (Å²) < 4.78 is 33.1. The van der Waals surface area contributed by atoms with Gasteiger partial charge in [-0.2, -0.15) is 17.0 Å². The number of anilines is 1. The Labute approximate surface area is 174 Å². The predicted octanol–water partition coefficient (Wildman–Crippen LogP) is 2.23. The van der Waals surface area contributed by atoms with Crippen LogP contribution in [0, 0.1) is 6.92 Å². The molecule has 1 saturated heterocycles. The van der Waals surface area contributed by atoms with Crippen molar-refractivity contribution in [3.8, 4) is 0 Å². The quantitative estimate of drug-likeness (QED) is 0.699. The van der Waals surface area contributed by atoms with Gasteiger partial charge < -0.3 is 10.1 Å². The van der Waals surface area contributed by atoms with Crippen LogP contribution in [0.3, 0.4) is 0 Å². The fourth-order valence-electron chi connectivity index (χ4n) is 3.04. The summed E-state index contributed by atoms with van der Waals surface area (Å²) in [7, 11) is -2.50. The number of nitrogens with zero attached hydrogens (tertiary/aromatic N) is 2. The number of benzene rings is 1. The molecule has 1 aliphatic rings. The first-order valence-electron chi connectivity index (χ1n) is 9.07. The van der Waals surface area contributed by atoms with E-state index in [9.17, 15) is 18.0 Å². The van der Waals surface area contributed by atoms with Crippen LogP contribution < -0.4 is 5.32 Å². The number of thiophene rings is 1. The highest BCUT2D eigenvalue weighted by Gasteiger charge is 2.34. The summed E-state index contributed by atoms with van der Waals surface area (Å²) in [4.78, 5) is 24.4. The average molecular weight is 438 g/mol. The number of esters is 1. The van der Waals surface area contributed by atoms with Gasteiger partial charge in [0.05, 0.1) is 19.3 Å². The maximum Gasteiger partial charge on any atom is 0.350 e. The zero-order valence-electron chi connectivity index (χ0n) is 16.3. The highest BCUT2D eigenvalue weighted by atomic mass is 32.2. The molecule has 1 aromatic carbocycles. The molecule has 156 valence electrons. The topological polar surface area (TPSA) is 96.0 Å². The molecule has 29 heavy (non-hydrogen) atoms. The van der Waals surface area contributed by atoms with Crippen molar-refractivity contribution in [2.45, 2.75) is 19.9 Å². The molecule has 3 rings (SSSR count). The summed E-state index contributed by atoms with van der Waals surface area (Å²) in [5, 5.41) is 4.26. The van der Waals surface area contributed by atoms with E-state index >= 15 is 0 Å². The zero-order chi connectivity index (χ0) is 21.0. The molecule has 0 bridgehead atoms. The Kier molecular flexibility index (Phi) is 6.68. The molecule has 1 aromatic heterocycles. The van der Waals surface area contributed by atoms with Crippen LogP contribution in [-0.4, -0.2) is 55.6 Å². The van der Waals surface area contributed by atoms with Gasteiger partial charge >= 0.3 is 5.97 Å². The Morgan fingerprint density at radius 2 is 1.83 bits per heavy atom. The van der Waals surface area contributed by atoms with Crippen molar-refractivity contribution in [3.05, 3.63) is 51.7 Å². The summed E-state index contributed by atoms with van der Waals surface area (Å²) in [5.41, 5.74) is 2.32. The maximum absolute atomic E-state index is 12.9. The minimum absolute atomic E-state index is 0.262. The summed E-state index contributed by atoms with van der Waals surface area (Å²) in [5.74, 6) is -1.06. The van der Waals surface area contributed by atoms with Gasteiger partial charge in [-0.05, 0) is 30.4 Å². The van der Waals surface area contributed by atoms with Gasteiger partial charge in [-0.3, -0.25) is 4.79 Å². The molecule has 1 N–H and O–H groups in total. The number of hydrogen-bond donors (Lipinski definition) is 1. The Balaban J connectivity index is 1.67. The van der Waals surface area contributed by atoms with Crippen LogP contribution in [0.25, 0.3) is 0 Å². The van der Waals surface area contributed by atoms with Gasteiger partial charge in [0.15, 0.2) is 0 Å². The Morgan fingerprint density at radius 3 is 2.52 bits per heavy atom. The number of carbonyl (C=O) groups excluding carboxylic acids is 2. The summed E-state index contributed by atoms with van der Waals surface area (Å²) in [6.45, 7) is 2.60. The highest BCUT2D eigenvalue weighted by Crippen LogP contribution is 2.24. The van der Waals surface area contributed by atoms with Crippen molar-refractivity contribution in [1.29, 1.82) is 0 Å². The molecule has 2 heterocycles. The second kappa shape index (κ2) is 9.04. The molecular formula is C19H23N3O5S2. The second-order valence-electron chi connectivity index (χ2n) is 6.72. The number of ether oxygens (including phenoxy) is 1. The fourth-order valence-corrected chi connectivity index (χ4v) is 5.45.